The molecule has 1 aromatic heterocycles. The number of aliphatic imine (C=N–C) groups is 2. The van der Waals surface area contributed by atoms with Crippen LogP contribution in [0.3, 0.4) is 0 Å². The van der Waals surface area contributed by atoms with Gasteiger partial charge in [-0.2, -0.15) is 18.2 Å². The minimum Gasteiger partial charge on any atom is -0.469 e. The molecule has 2 aliphatic rings. The molecular weight excluding hydrogens is 489 g/mol. The zero-order chi connectivity index (χ0) is 25.1. The van der Waals surface area contributed by atoms with E-state index in [0.29, 0.717) is 31.2 Å². The molecule has 190 valence electrons. The van der Waals surface area contributed by atoms with Crippen LogP contribution in [0.15, 0.2) is 14.5 Å². The number of anilines is 1. The molecule has 0 amide bonds. The molecule has 0 radical (unpaired) electrons. The number of halogens is 3. The van der Waals surface area contributed by atoms with Gasteiger partial charge in [-0.3, -0.25) is 4.99 Å². The molecule has 2 aliphatic heterocycles. The van der Waals surface area contributed by atoms with Gasteiger partial charge in [-0.15, -0.1) is 11.8 Å². The molecule has 1 fully saturated rings. The molecule has 1 saturated heterocycles. The second-order valence-corrected chi connectivity index (χ2v) is 10.7. The lowest BCUT2D eigenvalue weighted by atomic mass is 9.75. The van der Waals surface area contributed by atoms with Crippen molar-refractivity contribution in [3.05, 3.63) is 5.82 Å². The summed E-state index contributed by atoms with van der Waals surface area (Å²) in [7, 11) is 0. The smallest absolute Gasteiger partial charge is 0.455 e. The van der Waals surface area contributed by atoms with Gasteiger partial charge in [0.2, 0.25) is 0 Å². The summed E-state index contributed by atoms with van der Waals surface area (Å²) in [5, 5.41) is 11.5. The quantitative estimate of drug-likeness (QED) is 0.532. The summed E-state index contributed by atoms with van der Waals surface area (Å²) in [4.78, 5) is 14.7. The number of aromatic nitrogens is 2. The fourth-order valence-electron chi connectivity index (χ4n) is 4.19. The fourth-order valence-corrected chi connectivity index (χ4v) is 5.95. The lowest BCUT2D eigenvalue weighted by Gasteiger charge is -2.37. The molecule has 0 aliphatic carbocycles. The predicted octanol–water partition coefficient (Wildman–Crippen LogP) is 5.21. The number of thioether (sulfide) groups is 2. The van der Waals surface area contributed by atoms with Crippen LogP contribution in [0, 0.1) is 22.7 Å². The maximum Gasteiger partial charge on any atom is 0.455 e. The van der Waals surface area contributed by atoms with E-state index in [-0.39, 0.29) is 35.4 Å². The topological polar surface area (TPSA) is 100.0 Å². The van der Waals surface area contributed by atoms with Crippen LogP contribution in [0.2, 0.25) is 0 Å². The van der Waals surface area contributed by atoms with Gasteiger partial charge in [-0.1, -0.05) is 13.8 Å². The molecule has 34 heavy (non-hydrogen) atoms. The Morgan fingerprint density at radius 2 is 2.03 bits per heavy atom. The highest BCUT2D eigenvalue weighted by Crippen LogP contribution is 2.40. The van der Waals surface area contributed by atoms with Crippen molar-refractivity contribution in [2.24, 2.45) is 27.2 Å². The molecule has 1 N–H and O–H groups in total. The van der Waals surface area contributed by atoms with E-state index in [1.807, 2.05) is 27.0 Å². The SMILES string of the molecule is CSC1N=CSC(OC(C)C2CCN(c3nc(C(F)(F)F)no3)CC2)=N[C@@H](C)[C@@H](C)[C@]1(C)C=N. The van der Waals surface area contributed by atoms with Gasteiger partial charge >= 0.3 is 12.2 Å². The number of ether oxygens (including phenoxy) is 1. The summed E-state index contributed by atoms with van der Waals surface area (Å²) in [5.41, 5.74) is 1.31. The van der Waals surface area contributed by atoms with Crippen molar-refractivity contribution in [2.75, 3.05) is 24.2 Å². The van der Waals surface area contributed by atoms with Crippen LogP contribution in [0.1, 0.15) is 46.4 Å². The molecule has 3 rings (SSSR count). The average molecular weight is 521 g/mol. The van der Waals surface area contributed by atoms with Crippen LogP contribution in [-0.2, 0) is 10.9 Å². The lowest BCUT2D eigenvalue weighted by molar-refractivity contribution is -0.146. The van der Waals surface area contributed by atoms with Crippen molar-refractivity contribution in [1.29, 1.82) is 5.41 Å². The van der Waals surface area contributed by atoms with Crippen LogP contribution in [0.25, 0.3) is 0 Å². The summed E-state index contributed by atoms with van der Waals surface area (Å²) in [6.07, 6.45) is 0.141. The Balaban J connectivity index is 1.63. The van der Waals surface area contributed by atoms with Crippen LogP contribution < -0.4 is 4.90 Å². The standard InChI is InChI=1S/C21H31F3N6O2S2/c1-12-13(2)27-19(34-11-26-17(33-5)20(12,4)10-25)31-14(3)15-6-8-30(9-7-15)18-28-16(29-32-18)21(22,23)24/h10-15,17,25H,6-9H2,1-5H3/t12-,13+,14?,17?,20+/m1/s1. The first-order valence-electron chi connectivity index (χ1n) is 11.1. The normalized spacial score (nSPS) is 30.2. The first kappa shape index (κ1) is 26.8. The third-order valence-electron chi connectivity index (χ3n) is 6.86. The van der Waals surface area contributed by atoms with E-state index < -0.39 is 17.4 Å². The van der Waals surface area contributed by atoms with Gasteiger partial charge in [0.15, 0.2) is 0 Å². The van der Waals surface area contributed by atoms with E-state index >= 15 is 0 Å². The Hall–Kier alpha value is -1.76. The van der Waals surface area contributed by atoms with E-state index in [0.717, 1.165) is 0 Å². The van der Waals surface area contributed by atoms with Gasteiger partial charge in [-0.25, -0.2) is 4.99 Å². The number of rotatable bonds is 5. The highest BCUT2D eigenvalue weighted by molar-refractivity contribution is 8.24. The summed E-state index contributed by atoms with van der Waals surface area (Å²) in [5.74, 6) is -0.983. The largest absolute Gasteiger partial charge is 0.469 e. The molecule has 5 atom stereocenters. The van der Waals surface area contributed by atoms with Crippen LogP contribution in [-0.4, -0.2) is 64.0 Å². The zero-order valence-corrected chi connectivity index (χ0v) is 21.5. The maximum absolute atomic E-state index is 12.7. The Bertz CT molecular complexity index is 903. The van der Waals surface area contributed by atoms with Gasteiger partial charge < -0.3 is 19.6 Å². The minimum atomic E-state index is -4.62. The zero-order valence-electron chi connectivity index (χ0n) is 19.9. The van der Waals surface area contributed by atoms with Crippen molar-refractivity contribution in [3.8, 4) is 0 Å². The molecule has 2 unspecified atom stereocenters. The van der Waals surface area contributed by atoms with Crippen molar-refractivity contribution < 1.29 is 22.4 Å². The summed E-state index contributed by atoms with van der Waals surface area (Å²) in [6, 6.07) is -0.174. The number of hydrogen-bond acceptors (Lipinski definition) is 10. The molecule has 13 heteroatoms. The Labute approximate surface area is 206 Å². The summed E-state index contributed by atoms with van der Waals surface area (Å²) < 4.78 is 49.3. The van der Waals surface area contributed by atoms with Gasteiger partial charge in [0.25, 0.3) is 11.1 Å². The number of alkyl halides is 3. The Morgan fingerprint density at radius 3 is 2.59 bits per heavy atom. The molecule has 3 heterocycles. The summed E-state index contributed by atoms with van der Waals surface area (Å²) >= 11 is 2.95. The number of hydrogen-bond donors (Lipinski definition) is 1. The minimum absolute atomic E-state index is 0.0696. The van der Waals surface area contributed by atoms with Crippen molar-refractivity contribution in [1.82, 2.24) is 10.1 Å². The van der Waals surface area contributed by atoms with E-state index in [1.165, 1.54) is 18.0 Å². The lowest BCUT2D eigenvalue weighted by Crippen LogP contribution is -2.41. The molecule has 8 nitrogen and oxygen atoms in total. The first-order chi connectivity index (χ1) is 16.0. The maximum atomic E-state index is 12.7. The highest BCUT2D eigenvalue weighted by atomic mass is 32.2. The Kier molecular flexibility index (Phi) is 8.59. The summed E-state index contributed by atoms with van der Waals surface area (Å²) in [6.45, 7) is 9.15. The average Bonchev–Trinajstić information content (AvgIpc) is 3.32. The number of nitrogens with one attached hydrogen (secondary N) is 1. The molecular formula is C21H31F3N6O2S2. The predicted molar refractivity (Wildman–Crippen MR) is 131 cm³/mol. The monoisotopic (exact) mass is 520 g/mol. The molecule has 0 bridgehead atoms. The van der Waals surface area contributed by atoms with Crippen molar-refractivity contribution in [2.45, 2.75) is 64.2 Å². The molecule has 0 aromatic carbocycles. The molecule has 1 aromatic rings. The van der Waals surface area contributed by atoms with E-state index in [9.17, 15) is 13.2 Å². The van der Waals surface area contributed by atoms with Crippen LogP contribution >= 0.6 is 23.5 Å². The third-order valence-corrected chi connectivity index (χ3v) is 8.57. The second-order valence-electron chi connectivity index (χ2n) is 8.94. The van der Waals surface area contributed by atoms with Gasteiger partial charge in [0, 0.05) is 24.7 Å². The number of piperidine rings is 1. The van der Waals surface area contributed by atoms with E-state index in [1.54, 1.807) is 22.2 Å². The first-order valence-corrected chi connectivity index (χ1v) is 13.3. The van der Waals surface area contributed by atoms with E-state index in [2.05, 4.69) is 22.1 Å². The van der Waals surface area contributed by atoms with E-state index in [4.69, 9.17) is 19.7 Å². The Morgan fingerprint density at radius 1 is 1.35 bits per heavy atom. The molecule has 0 spiro atoms. The highest BCUT2D eigenvalue weighted by Gasteiger charge is 2.41. The van der Waals surface area contributed by atoms with Crippen LogP contribution in [0.5, 0.6) is 0 Å². The van der Waals surface area contributed by atoms with Crippen molar-refractivity contribution >= 4 is 46.5 Å². The third kappa shape index (κ3) is 5.89. The van der Waals surface area contributed by atoms with Crippen molar-refractivity contribution in [3.63, 3.8) is 0 Å². The second kappa shape index (κ2) is 10.9. The molecule has 0 saturated carbocycles. The number of nitrogens with zero attached hydrogens (tertiary/aromatic N) is 5. The van der Waals surface area contributed by atoms with Gasteiger partial charge in [-0.05, 0) is 61.7 Å². The van der Waals surface area contributed by atoms with Crippen LogP contribution in [0.4, 0.5) is 19.2 Å². The fraction of sp³-hybridized carbons (Fsp3) is 0.762. The van der Waals surface area contributed by atoms with Gasteiger partial charge in [0.1, 0.15) is 11.5 Å². The van der Waals surface area contributed by atoms with Gasteiger partial charge in [0.05, 0.1) is 11.6 Å².